The summed E-state index contributed by atoms with van der Waals surface area (Å²) in [5, 5.41) is 0.623. The number of carbonyl (C=O) groups excluding carboxylic acids is 1. The molecule has 0 saturated carbocycles. The molecule has 1 amide bonds. The summed E-state index contributed by atoms with van der Waals surface area (Å²) < 4.78 is 24.3. The van der Waals surface area contributed by atoms with Crippen molar-refractivity contribution in [1.82, 2.24) is 4.90 Å². The summed E-state index contributed by atoms with van der Waals surface area (Å²) in [6.07, 6.45) is 3.36. The van der Waals surface area contributed by atoms with E-state index in [-0.39, 0.29) is 24.5 Å². The second kappa shape index (κ2) is 9.95. The Labute approximate surface area is 203 Å². The second-order valence-electron chi connectivity index (χ2n) is 9.58. The van der Waals surface area contributed by atoms with Crippen molar-refractivity contribution in [3.63, 3.8) is 0 Å². The number of carbonyl (C=O) groups is 1. The molecule has 0 aromatic heterocycles. The molecule has 3 atom stereocenters. The van der Waals surface area contributed by atoms with Gasteiger partial charge in [0.25, 0.3) is 0 Å². The third kappa shape index (κ3) is 5.64. The van der Waals surface area contributed by atoms with Crippen LogP contribution >= 0.6 is 27.5 Å². The SMILES string of the molecule is CC(C)(C)OC(=O)N1C[C@@H](N2CCOc3cc(Cl)cc(Br)c32)C[C@H]1CO[C@H]1CCCCO1. The number of likely N-dealkylation sites (tertiary alicyclic amines) is 1. The van der Waals surface area contributed by atoms with Gasteiger partial charge in [0.1, 0.15) is 18.0 Å². The summed E-state index contributed by atoms with van der Waals surface area (Å²) in [4.78, 5) is 17.2. The van der Waals surface area contributed by atoms with Crippen LogP contribution in [0.3, 0.4) is 0 Å². The fourth-order valence-corrected chi connectivity index (χ4v) is 5.55. The molecule has 4 rings (SSSR count). The smallest absolute Gasteiger partial charge is 0.410 e. The highest BCUT2D eigenvalue weighted by molar-refractivity contribution is 9.10. The maximum absolute atomic E-state index is 13.1. The van der Waals surface area contributed by atoms with Crippen LogP contribution in [0.25, 0.3) is 0 Å². The lowest BCUT2D eigenvalue weighted by atomic mass is 10.1. The maximum atomic E-state index is 13.1. The normalized spacial score (nSPS) is 26.0. The maximum Gasteiger partial charge on any atom is 0.410 e. The Bertz CT molecular complexity index is 827. The van der Waals surface area contributed by atoms with Crippen molar-refractivity contribution < 1.29 is 23.7 Å². The number of halogens is 2. The summed E-state index contributed by atoms with van der Waals surface area (Å²) in [6.45, 7) is 8.69. The predicted molar refractivity (Wildman–Crippen MR) is 127 cm³/mol. The van der Waals surface area contributed by atoms with Crippen LogP contribution in [0.2, 0.25) is 5.02 Å². The minimum atomic E-state index is -0.557. The van der Waals surface area contributed by atoms with Gasteiger partial charge in [-0.3, -0.25) is 0 Å². The lowest BCUT2D eigenvalue weighted by molar-refractivity contribution is -0.168. The molecular weight excluding hydrogens is 500 g/mol. The molecule has 7 nitrogen and oxygen atoms in total. The minimum Gasteiger partial charge on any atom is -0.489 e. The van der Waals surface area contributed by atoms with Crippen LogP contribution < -0.4 is 9.64 Å². The molecule has 178 valence electrons. The predicted octanol–water partition coefficient (Wildman–Crippen LogP) is 5.22. The van der Waals surface area contributed by atoms with Gasteiger partial charge in [-0.25, -0.2) is 4.79 Å². The van der Waals surface area contributed by atoms with Crippen molar-refractivity contribution in [2.24, 2.45) is 0 Å². The molecule has 0 N–H and O–H groups in total. The van der Waals surface area contributed by atoms with Gasteiger partial charge in [-0.2, -0.15) is 0 Å². The number of hydrogen-bond donors (Lipinski definition) is 0. The lowest BCUT2D eigenvalue weighted by Gasteiger charge is -2.36. The molecule has 0 aliphatic carbocycles. The third-order valence-corrected chi connectivity index (χ3v) is 6.77. The Balaban J connectivity index is 1.52. The van der Waals surface area contributed by atoms with Crippen LogP contribution in [0.4, 0.5) is 10.5 Å². The number of benzene rings is 1. The third-order valence-electron chi connectivity index (χ3n) is 5.94. The highest BCUT2D eigenvalue weighted by Crippen LogP contribution is 2.43. The van der Waals surface area contributed by atoms with Crippen LogP contribution in [-0.4, -0.2) is 67.9 Å². The molecule has 2 saturated heterocycles. The van der Waals surface area contributed by atoms with E-state index < -0.39 is 5.60 Å². The van der Waals surface area contributed by atoms with E-state index in [1.165, 1.54) is 0 Å². The molecule has 9 heteroatoms. The quantitative estimate of drug-likeness (QED) is 0.531. The highest BCUT2D eigenvalue weighted by atomic mass is 79.9. The highest BCUT2D eigenvalue weighted by Gasteiger charge is 2.42. The first kappa shape index (κ1) is 23.9. The largest absolute Gasteiger partial charge is 0.489 e. The lowest BCUT2D eigenvalue weighted by Crippen LogP contribution is -2.45. The van der Waals surface area contributed by atoms with Gasteiger partial charge in [0.15, 0.2) is 6.29 Å². The molecule has 3 aliphatic heterocycles. The number of hydrogen-bond acceptors (Lipinski definition) is 6. The van der Waals surface area contributed by atoms with Crippen molar-refractivity contribution in [1.29, 1.82) is 0 Å². The van der Waals surface area contributed by atoms with Crippen molar-refractivity contribution in [3.05, 3.63) is 21.6 Å². The molecule has 1 aromatic carbocycles. The van der Waals surface area contributed by atoms with E-state index in [0.717, 1.165) is 54.7 Å². The van der Waals surface area contributed by atoms with Gasteiger partial charge in [0, 0.05) is 34.8 Å². The molecule has 1 aromatic rings. The summed E-state index contributed by atoms with van der Waals surface area (Å²) in [5.41, 5.74) is 0.422. The Kier molecular flexibility index (Phi) is 7.44. The summed E-state index contributed by atoms with van der Waals surface area (Å²) in [5.74, 6) is 0.759. The standard InChI is InChI=1S/C23H32BrClN2O5/c1-23(2,3)32-22(28)27-13-16(12-17(27)14-31-20-6-4-5-8-30-20)26-7-9-29-19-11-15(25)10-18(24)21(19)26/h10-11,16-17,20H,4-9,12-14H2,1-3H3/t16-,17-,20-/m0/s1. The van der Waals surface area contributed by atoms with Gasteiger partial charge in [0.05, 0.1) is 24.9 Å². The van der Waals surface area contributed by atoms with Crippen LogP contribution in [0.1, 0.15) is 46.5 Å². The Morgan fingerprint density at radius 3 is 2.81 bits per heavy atom. The van der Waals surface area contributed by atoms with E-state index in [1.54, 1.807) is 0 Å². The van der Waals surface area contributed by atoms with Crippen LogP contribution in [0.15, 0.2) is 16.6 Å². The second-order valence-corrected chi connectivity index (χ2v) is 10.9. The Hall–Kier alpha value is -1.22. The van der Waals surface area contributed by atoms with Crippen molar-refractivity contribution in [3.8, 4) is 5.75 Å². The monoisotopic (exact) mass is 530 g/mol. The molecule has 0 radical (unpaired) electrons. The van der Waals surface area contributed by atoms with Crippen LogP contribution in [0.5, 0.6) is 5.75 Å². The van der Waals surface area contributed by atoms with Crippen LogP contribution in [-0.2, 0) is 14.2 Å². The Morgan fingerprint density at radius 2 is 2.09 bits per heavy atom. The fourth-order valence-electron chi connectivity index (χ4n) is 4.54. The number of anilines is 1. The summed E-state index contributed by atoms with van der Waals surface area (Å²) in [7, 11) is 0. The zero-order valence-corrected chi connectivity index (χ0v) is 21.3. The average molecular weight is 532 g/mol. The first-order valence-corrected chi connectivity index (χ1v) is 12.5. The van der Waals surface area contributed by atoms with Gasteiger partial charge in [-0.05, 0) is 68.5 Å². The Morgan fingerprint density at radius 1 is 1.28 bits per heavy atom. The first-order valence-electron chi connectivity index (χ1n) is 11.3. The van der Waals surface area contributed by atoms with E-state index in [4.69, 9.17) is 30.5 Å². The van der Waals surface area contributed by atoms with Gasteiger partial charge >= 0.3 is 6.09 Å². The van der Waals surface area contributed by atoms with Crippen LogP contribution in [0, 0.1) is 0 Å². The number of amides is 1. The number of ether oxygens (including phenoxy) is 4. The van der Waals surface area contributed by atoms with E-state index in [0.29, 0.717) is 24.8 Å². The molecule has 0 spiro atoms. The van der Waals surface area contributed by atoms with Crippen molar-refractivity contribution >= 4 is 39.3 Å². The van der Waals surface area contributed by atoms with E-state index in [9.17, 15) is 4.79 Å². The fraction of sp³-hybridized carbons (Fsp3) is 0.696. The van der Waals surface area contributed by atoms with Gasteiger partial charge in [0.2, 0.25) is 0 Å². The molecule has 0 unspecified atom stereocenters. The van der Waals surface area contributed by atoms with Gasteiger partial charge in [-0.1, -0.05) is 11.6 Å². The van der Waals surface area contributed by atoms with E-state index in [1.807, 2.05) is 37.8 Å². The topological polar surface area (TPSA) is 60.5 Å². The van der Waals surface area contributed by atoms with E-state index >= 15 is 0 Å². The zero-order valence-electron chi connectivity index (χ0n) is 18.9. The molecule has 3 heterocycles. The molecule has 2 fully saturated rings. The summed E-state index contributed by atoms with van der Waals surface area (Å²) in [6, 6.07) is 3.75. The molecule has 3 aliphatic rings. The molecule has 32 heavy (non-hydrogen) atoms. The zero-order chi connectivity index (χ0) is 22.9. The van der Waals surface area contributed by atoms with Gasteiger partial charge in [-0.15, -0.1) is 0 Å². The molecule has 0 bridgehead atoms. The first-order chi connectivity index (χ1) is 15.2. The number of nitrogens with zero attached hydrogens (tertiary/aromatic N) is 2. The molecular formula is C23H32BrClN2O5. The van der Waals surface area contributed by atoms with Crippen molar-refractivity contribution in [2.45, 2.75) is 70.4 Å². The minimum absolute atomic E-state index is 0.0854. The number of fused-ring (bicyclic) bond motifs is 1. The van der Waals surface area contributed by atoms with Crippen molar-refractivity contribution in [2.75, 3.05) is 37.8 Å². The van der Waals surface area contributed by atoms with E-state index in [2.05, 4.69) is 20.8 Å². The average Bonchev–Trinajstić information content (AvgIpc) is 3.15. The number of rotatable bonds is 4. The van der Waals surface area contributed by atoms with Gasteiger partial charge < -0.3 is 28.7 Å². The summed E-state index contributed by atoms with van der Waals surface area (Å²) >= 11 is 9.88.